The van der Waals surface area contributed by atoms with Gasteiger partial charge in [0.1, 0.15) is 12.4 Å². The van der Waals surface area contributed by atoms with Crippen LogP contribution in [0.15, 0.2) is 48.5 Å². The number of halogens is 1. The molecule has 0 aliphatic rings. The Labute approximate surface area is 140 Å². The first kappa shape index (κ1) is 16.7. The number of alkyl carbamates (subject to hydrolysis) is 1. The highest BCUT2D eigenvalue weighted by Gasteiger charge is 2.01. The van der Waals surface area contributed by atoms with Gasteiger partial charge in [0, 0.05) is 18.5 Å². The predicted octanol–water partition coefficient (Wildman–Crippen LogP) is 3.71. The quantitative estimate of drug-likeness (QED) is 0.664. The highest BCUT2D eigenvalue weighted by atomic mass is 35.5. The van der Waals surface area contributed by atoms with Gasteiger partial charge >= 0.3 is 6.09 Å². The fourth-order valence-corrected chi connectivity index (χ4v) is 1.87. The molecule has 0 saturated heterocycles. The summed E-state index contributed by atoms with van der Waals surface area (Å²) in [5.41, 5.74) is 1.60. The van der Waals surface area contributed by atoms with Crippen LogP contribution in [0.4, 0.5) is 4.79 Å². The van der Waals surface area contributed by atoms with Crippen LogP contribution in [0, 0.1) is 11.8 Å². The number of nitrogens with one attached hydrogen (secondary N) is 1. The van der Waals surface area contributed by atoms with Gasteiger partial charge in [-0.15, -0.1) is 0 Å². The molecule has 2 aromatic rings. The van der Waals surface area contributed by atoms with Crippen LogP contribution in [0.3, 0.4) is 0 Å². The topological polar surface area (TPSA) is 58.6 Å². The number of ether oxygens (including phenoxy) is 1. The Balaban J connectivity index is 1.68. The van der Waals surface area contributed by atoms with Crippen molar-refractivity contribution in [2.45, 2.75) is 13.0 Å². The van der Waals surface area contributed by atoms with Crippen LogP contribution < -0.4 is 5.32 Å². The number of phenolic OH excluding ortho intramolecular Hbond substituents is 1. The molecule has 0 heterocycles. The van der Waals surface area contributed by atoms with Crippen molar-refractivity contribution in [2.24, 2.45) is 0 Å². The van der Waals surface area contributed by atoms with Gasteiger partial charge in [0.2, 0.25) is 0 Å². The molecule has 0 atom stereocenters. The number of phenols is 1. The van der Waals surface area contributed by atoms with Crippen molar-refractivity contribution in [1.82, 2.24) is 5.32 Å². The zero-order chi connectivity index (χ0) is 16.5. The van der Waals surface area contributed by atoms with E-state index < -0.39 is 6.09 Å². The molecule has 4 nitrogen and oxygen atoms in total. The predicted molar refractivity (Wildman–Crippen MR) is 89.2 cm³/mol. The molecular formula is C18H16ClNO3. The molecule has 0 fully saturated rings. The number of hydrogen-bond donors (Lipinski definition) is 2. The normalized spacial score (nSPS) is 9.61. The summed E-state index contributed by atoms with van der Waals surface area (Å²) in [7, 11) is 0. The molecular weight excluding hydrogens is 314 g/mol. The molecule has 0 aliphatic heterocycles. The molecule has 0 saturated carbocycles. The third kappa shape index (κ3) is 5.93. The summed E-state index contributed by atoms with van der Waals surface area (Å²) < 4.78 is 5.08. The second-order valence-corrected chi connectivity index (χ2v) is 5.11. The molecule has 2 aromatic carbocycles. The summed E-state index contributed by atoms with van der Waals surface area (Å²) in [6, 6.07) is 14.3. The first-order valence-corrected chi connectivity index (χ1v) is 7.45. The second kappa shape index (κ2) is 8.72. The van der Waals surface area contributed by atoms with Gasteiger partial charge in [-0.2, -0.15) is 0 Å². The van der Waals surface area contributed by atoms with Crippen LogP contribution in [0.25, 0.3) is 0 Å². The summed E-state index contributed by atoms with van der Waals surface area (Å²) >= 11 is 5.71. The van der Waals surface area contributed by atoms with Crippen molar-refractivity contribution in [3.63, 3.8) is 0 Å². The number of carbonyl (C=O) groups is 1. The van der Waals surface area contributed by atoms with Crippen LogP contribution in [0.5, 0.6) is 5.75 Å². The molecule has 118 valence electrons. The summed E-state index contributed by atoms with van der Waals surface area (Å²) in [6.45, 7) is 0.628. The van der Waals surface area contributed by atoms with Gasteiger partial charge in [-0.05, 0) is 23.8 Å². The lowest BCUT2D eigenvalue weighted by atomic mass is 10.2. The fourth-order valence-electron chi connectivity index (χ4n) is 1.76. The van der Waals surface area contributed by atoms with Crippen LogP contribution in [0.1, 0.15) is 17.5 Å². The van der Waals surface area contributed by atoms with Gasteiger partial charge in [-0.1, -0.05) is 53.8 Å². The van der Waals surface area contributed by atoms with Gasteiger partial charge in [0.15, 0.2) is 0 Å². The Kier molecular flexibility index (Phi) is 6.34. The zero-order valence-electron chi connectivity index (χ0n) is 12.4. The SMILES string of the molecule is O=C(NCCC#Cc1ccc(Cl)c(O)c1)OCc1ccccc1. The van der Waals surface area contributed by atoms with Crippen LogP contribution in [0.2, 0.25) is 5.02 Å². The molecule has 0 bridgehead atoms. The van der Waals surface area contributed by atoms with E-state index in [0.717, 1.165) is 5.56 Å². The first-order chi connectivity index (χ1) is 11.1. The molecule has 0 radical (unpaired) electrons. The van der Waals surface area contributed by atoms with Crippen molar-refractivity contribution in [2.75, 3.05) is 6.54 Å². The Morgan fingerprint density at radius 2 is 2.00 bits per heavy atom. The van der Waals surface area contributed by atoms with Crippen molar-refractivity contribution in [3.8, 4) is 17.6 Å². The minimum atomic E-state index is -0.472. The Morgan fingerprint density at radius 3 is 2.74 bits per heavy atom. The Morgan fingerprint density at radius 1 is 1.22 bits per heavy atom. The Hall–Kier alpha value is -2.64. The van der Waals surface area contributed by atoms with E-state index in [9.17, 15) is 9.90 Å². The maximum Gasteiger partial charge on any atom is 0.407 e. The number of amides is 1. The second-order valence-electron chi connectivity index (χ2n) is 4.71. The van der Waals surface area contributed by atoms with Gasteiger partial charge in [-0.3, -0.25) is 0 Å². The monoisotopic (exact) mass is 329 g/mol. The summed E-state index contributed by atoms with van der Waals surface area (Å²) in [4.78, 5) is 11.5. The lowest BCUT2D eigenvalue weighted by Crippen LogP contribution is -2.24. The molecule has 0 aliphatic carbocycles. The zero-order valence-corrected chi connectivity index (χ0v) is 13.1. The van der Waals surface area contributed by atoms with Gasteiger partial charge in [0.05, 0.1) is 5.02 Å². The van der Waals surface area contributed by atoms with Crippen molar-refractivity contribution in [3.05, 3.63) is 64.7 Å². The van der Waals surface area contributed by atoms with E-state index in [1.54, 1.807) is 12.1 Å². The minimum absolute atomic E-state index is 0.00100. The summed E-state index contributed by atoms with van der Waals surface area (Å²) in [5.74, 6) is 5.79. The van der Waals surface area contributed by atoms with E-state index in [4.69, 9.17) is 16.3 Å². The molecule has 1 amide bonds. The third-order valence-corrected chi connectivity index (χ3v) is 3.23. The minimum Gasteiger partial charge on any atom is -0.506 e. The van der Waals surface area contributed by atoms with Gasteiger partial charge in [-0.25, -0.2) is 4.79 Å². The van der Waals surface area contributed by atoms with E-state index in [2.05, 4.69) is 17.2 Å². The van der Waals surface area contributed by atoms with Gasteiger partial charge in [0.25, 0.3) is 0 Å². The fraction of sp³-hybridized carbons (Fsp3) is 0.167. The molecule has 0 aromatic heterocycles. The van der Waals surface area contributed by atoms with E-state index in [0.29, 0.717) is 23.6 Å². The maximum absolute atomic E-state index is 11.5. The van der Waals surface area contributed by atoms with Crippen LogP contribution >= 0.6 is 11.6 Å². The highest BCUT2D eigenvalue weighted by Crippen LogP contribution is 2.23. The molecule has 0 spiro atoms. The summed E-state index contributed by atoms with van der Waals surface area (Å²) in [5, 5.41) is 12.4. The maximum atomic E-state index is 11.5. The largest absolute Gasteiger partial charge is 0.506 e. The summed E-state index contributed by atoms with van der Waals surface area (Å²) in [6.07, 6.45) is 0.00360. The molecule has 0 unspecified atom stereocenters. The number of hydrogen-bond acceptors (Lipinski definition) is 3. The average Bonchev–Trinajstić information content (AvgIpc) is 2.57. The van der Waals surface area contributed by atoms with E-state index in [1.807, 2.05) is 30.3 Å². The van der Waals surface area contributed by atoms with E-state index in [1.165, 1.54) is 6.07 Å². The lowest BCUT2D eigenvalue weighted by molar-refractivity contribution is 0.140. The van der Waals surface area contributed by atoms with E-state index >= 15 is 0 Å². The molecule has 5 heteroatoms. The number of aromatic hydroxyl groups is 1. The lowest BCUT2D eigenvalue weighted by Gasteiger charge is -2.05. The average molecular weight is 330 g/mol. The molecule has 2 N–H and O–H groups in total. The number of benzene rings is 2. The molecule has 23 heavy (non-hydrogen) atoms. The smallest absolute Gasteiger partial charge is 0.407 e. The van der Waals surface area contributed by atoms with Crippen molar-refractivity contribution < 1.29 is 14.6 Å². The van der Waals surface area contributed by atoms with Gasteiger partial charge < -0.3 is 15.2 Å². The van der Waals surface area contributed by atoms with Crippen molar-refractivity contribution >= 4 is 17.7 Å². The first-order valence-electron chi connectivity index (χ1n) is 7.07. The standard InChI is InChI=1S/C18H16ClNO3/c19-16-10-9-14(12-17(16)21)6-4-5-11-20-18(22)23-13-15-7-2-1-3-8-15/h1-3,7-10,12,21H,5,11,13H2,(H,20,22). The van der Waals surface area contributed by atoms with Crippen molar-refractivity contribution in [1.29, 1.82) is 0 Å². The van der Waals surface area contributed by atoms with Crippen LogP contribution in [-0.4, -0.2) is 17.7 Å². The van der Waals surface area contributed by atoms with E-state index in [-0.39, 0.29) is 12.4 Å². The Bertz CT molecular complexity index is 720. The van der Waals surface area contributed by atoms with Crippen LogP contribution in [-0.2, 0) is 11.3 Å². The number of rotatable bonds is 4. The third-order valence-electron chi connectivity index (χ3n) is 2.91. The number of carbonyl (C=O) groups excluding carboxylic acids is 1. The molecule has 2 rings (SSSR count). The highest BCUT2D eigenvalue weighted by molar-refractivity contribution is 6.32.